The van der Waals surface area contributed by atoms with Crippen LogP contribution in [0.1, 0.15) is 32.6 Å². The molecular weight excluding hydrogens is 142 g/mol. The molecule has 0 rings (SSSR count). The van der Waals surface area contributed by atoms with Crippen LogP contribution in [0.3, 0.4) is 0 Å². The second-order valence-corrected chi connectivity index (χ2v) is 2.47. The lowest BCUT2D eigenvalue weighted by Gasteiger charge is -2.01. The van der Waals surface area contributed by atoms with Crippen LogP contribution in [0.15, 0.2) is 0 Å². The number of rotatable bonds is 6. The van der Waals surface area contributed by atoms with E-state index in [2.05, 4.69) is 0 Å². The number of esters is 1. The summed E-state index contributed by atoms with van der Waals surface area (Å²) in [5.74, 6) is -0.0930. The highest BCUT2D eigenvalue weighted by molar-refractivity contribution is 5.69. The molecular formula is C8H17NO2. The minimum absolute atomic E-state index is 0.0930. The summed E-state index contributed by atoms with van der Waals surface area (Å²) in [6.45, 7) is 3.16. The van der Waals surface area contributed by atoms with Gasteiger partial charge in [-0.1, -0.05) is 6.92 Å². The first-order chi connectivity index (χ1) is 5.31. The molecule has 0 amide bonds. The minimum Gasteiger partial charge on any atom is -0.466 e. The summed E-state index contributed by atoms with van der Waals surface area (Å²) in [5.41, 5.74) is 5.26. The van der Waals surface area contributed by atoms with Crippen molar-refractivity contribution in [2.75, 3.05) is 13.2 Å². The molecule has 11 heavy (non-hydrogen) atoms. The van der Waals surface area contributed by atoms with E-state index in [1.165, 1.54) is 0 Å². The van der Waals surface area contributed by atoms with Gasteiger partial charge < -0.3 is 10.5 Å². The van der Waals surface area contributed by atoms with Gasteiger partial charge in [0.05, 0.1) is 6.61 Å². The Hall–Kier alpha value is -0.570. The molecule has 0 heterocycles. The van der Waals surface area contributed by atoms with Gasteiger partial charge in [-0.05, 0) is 25.8 Å². The molecule has 0 radical (unpaired) electrons. The quantitative estimate of drug-likeness (QED) is 0.466. The molecule has 2 N–H and O–H groups in total. The van der Waals surface area contributed by atoms with E-state index in [-0.39, 0.29) is 5.97 Å². The van der Waals surface area contributed by atoms with Crippen molar-refractivity contribution in [1.29, 1.82) is 0 Å². The van der Waals surface area contributed by atoms with Crippen LogP contribution in [-0.4, -0.2) is 19.1 Å². The lowest BCUT2D eigenvalue weighted by atomic mass is 10.3. The first-order valence-electron chi connectivity index (χ1n) is 4.17. The van der Waals surface area contributed by atoms with Gasteiger partial charge in [0.15, 0.2) is 0 Å². The van der Waals surface area contributed by atoms with Gasteiger partial charge in [-0.15, -0.1) is 0 Å². The molecule has 0 saturated heterocycles. The average Bonchev–Trinajstić information content (AvgIpc) is 1.99. The Morgan fingerprint density at radius 1 is 1.45 bits per heavy atom. The highest BCUT2D eigenvalue weighted by Crippen LogP contribution is 1.93. The van der Waals surface area contributed by atoms with E-state index in [0.29, 0.717) is 19.6 Å². The van der Waals surface area contributed by atoms with Crippen LogP contribution in [0.4, 0.5) is 0 Å². The third kappa shape index (κ3) is 7.33. The van der Waals surface area contributed by atoms with E-state index in [1.54, 1.807) is 0 Å². The van der Waals surface area contributed by atoms with Crippen molar-refractivity contribution in [1.82, 2.24) is 0 Å². The lowest BCUT2D eigenvalue weighted by Crippen LogP contribution is -2.07. The Kier molecular flexibility index (Phi) is 7.15. The van der Waals surface area contributed by atoms with Gasteiger partial charge in [0.2, 0.25) is 0 Å². The average molecular weight is 159 g/mol. The van der Waals surface area contributed by atoms with Crippen molar-refractivity contribution in [3.05, 3.63) is 0 Å². The Bertz CT molecular complexity index is 104. The second kappa shape index (κ2) is 7.54. The predicted molar refractivity (Wildman–Crippen MR) is 44.2 cm³/mol. The van der Waals surface area contributed by atoms with Crippen LogP contribution < -0.4 is 5.73 Å². The standard InChI is InChI=1S/C8H17NO2/c1-2-5-8(10)11-7-4-3-6-9/h2-7,9H2,1H3. The van der Waals surface area contributed by atoms with Crippen molar-refractivity contribution in [2.45, 2.75) is 32.6 Å². The Labute approximate surface area is 67.9 Å². The molecule has 0 spiro atoms. The maximum absolute atomic E-state index is 10.8. The van der Waals surface area contributed by atoms with Crippen LogP contribution in [0.25, 0.3) is 0 Å². The number of ether oxygens (including phenoxy) is 1. The molecule has 0 aliphatic carbocycles. The highest BCUT2D eigenvalue weighted by Gasteiger charge is 1.98. The second-order valence-electron chi connectivity index (χ2n) is 2.47. The number of carbonyl (C=O) groups excluding carboxylic acids is 1. The van der Waals surface area contributed by atoms with Crippen LogP contribution in [0.5, 0.6) is 0 Å². The molecule has 3 heteroatoms. The van der Waals surface area contributed by atoms with Crippen molar-refractivity contribution in [3.8, 4) is 0 Å². The predicted octanol–water partition coefficient (Wildman–Crippen LogP) is 1.07. The lowest BCUT2D eigenvalue weighted by molar-refractivity contribution is -0.143. The molecule has 0 aromatic heterocycles. The van der Waals surface area contributed by atoms with Gasteiger partial charge in [-0.3, -0.25) is 4.79 Å². The zero-order valence-electron chi connectivity index (χ0n) is 7.14. The number of hydrogen-bond donors (Lipinski definition) is 1. The zero-order valence-corrected chi connectivity index (χ0v) is 7.14. The summed E-state index contributed by atoms with van der Waals surface area (Å²) in [4.78, 5) is 10.8. The third-order valence-electron chi connectivity index (χ3n) is 1.32. The summed E-state index contributed by atoms with van der Waals surface area (Å²) in [6.07, 6.45) is 3.20. The zero-order chi connectivity index (χ0) is 8.53. The van der Waals surface area contributed by atoms with Crippen LogP contribution in [0.2, 0.25) is 0 Å². The molecule has 0 aromatic rings. The largest absolute Gasteiger partial charge is 0.466 e. The van der Waals surface area contributed by atoms with E-state index < -0.39 is 0 Å². The van der Waals surface area contributed by atoms with Gasteiger partial charge in [-0.2, -0.15) is 0 Å². The fourth-order valence-corrected chi connectivity index (χ4v) is 0.709. The molecule has 0 aliphatic heterocycles. The molecule has 0 aliphatic rings. The summed E-state index contributed by atoms with van der Waals surface area (Å²) < 4.78 is 4.89. The minimum atomic E-state index is -0.0930. The van der Waals surface area contributed by atoms with E-state index >= 15 is 0 Å². The topological polar surface area (TPSA) is 52.3 Å². The maximum atomic E-state index is 10.8. The molecule has 66 valence electrons. The van der Waals surface area contributed by atoms with E-state index in [9.17, 15) is 4.79 Å². The van der Waals surface area contributed by atoms with Crippen LogP contribution in [-0.2, 0) is 9.53 Å². The number of carbonyl (C=O) groups is 1. The molecule has 0 bridgehead atoms. The summed E-state index contributed by atoms with van der Waals surface area (Å²) in [5, 5.41) is 0. The first-order valence-corrected chi connectivity index (χ1v) is 4.17. The molecule has 3 nitrogen and oxygen atoms in total. The molecule has 0 saturated carbocycles. The van der Waals surface area contributed by atoms with Crippen molar-refractivity contribution in [3.63, 3.8) is 0 Å². The number of nitrogens with two attached hydrogens (primary N) is 1. The maximum Gasteiger partial charge on any atom is 0.305 e. The number of hydrogen-bond acceptors (Lipinski definition) is 3. The fraction of sp³-hybridized carbons (Fsp3) is 0.875. The Morgan fingerprint density at radius 3 is 2.73 bits per heavy atom. The van der Waals surface area contributed by atoms with E-state index in [4.69, 9.17) is 10.5 Å². The monoisotopic (exact) mass is 159 g/mol. The first kappa shape index (κ1) is 10.4. The number of unbranched alkanes of at least 4 members (excludes halogenated alkanes) is 1. The van der Waals surface area contributed by atoms with Gasteiger partial charge in [-0.25, -0.2) is 0 Å². The molecule has 0 aromatic carbocycles. The van der Waals surface area contributed by atoms with E-state index in [0.717, 1.165) is 19.3 Å². The highest BCUT2D eigenvalue weighted by atomic mass is 16.5. The van der Waals surface area contributed by atoms with Crippen LogP contribution in [0, 0.1) is 0 Å². The van der Waals surface area contributed by atoms with Crippen molar-refractivity contribution < 1.29 is 9.53 Å². The van der Waals surface area contributed by atoms with E-state index in [1.807, 2.05) is 6.92 Å². The third-order valence-corrected chi connectivity index (χ3v) is 1.32. The van der Waals surface area contributed by atoms with Gasteiger partial charge >= 0.3 is 5.97 Å². The van der Waals surface area contributed by atoms with Crippen molar-refractivity contribution in [2.24, 2.45) is 5.73 Å². The molecule has 0 atom stereocenters. The van der Waals surface area contributed by atoms with Gasteiger partial charge in [0.1, 0.15) is 0 Å². The summed E-state index contributed by atoms with van der Waals surface area (Å²) in [6, 6.07) is 0. The van der Waals surface area contributed by atoms with Crippen molar-refractivity contribution >= 4 is 5.97 Å². The normalized spacial score (nSPS) is 9.64. The Balaban J connectivity index is 3.04. The molecule has 0 fully saturated rings. The van der Waals surface area contributed by atoms with Gasteiger partial charge in [0.25, 0.3) is 0 Å². The summed E-state index contributed by atoms with van der Waals surface area (Å²) in [7, 11) is 0. The Morgan fingerprint density at radius 2 is 2.18 bits per heavy atom. The summed E-state index contributed by atoms with van der Waals surface area (Å²) >= 11 is 0. The smallest absolute Gasteiger partial charge is 0.305 e. The van der Waals surface area contributed by atoms with Gasteiger partial charge in [0, 0.05) is 6.42 Å². The molecule has 0 unspecified atom stereocenters. The fourth-order valence-electron chi connectivity index (χ4n) is 0.709. The van der Waals surface area contributed by atoms with Crippen LogP contribution >= 0.6 is 0 Å². The SMILES string of the molecule is CCCC(=O)OCCCCN.